The molecule has 174 valence electrons. The van der Waals surface area contributed by atoms with Crippen molar-refractivity contribution in [1.82, 2.24) is 10.3 Å². The van der Waals surface area contributed by atoms with Crippen LogP contribution in [0.1, 0.15) is 49.7 Å². The number of nitrogens with zero attached hydrogens (tertiary/aromatic N) is 3. The van der Waals surface area contributed by atoms with Crippen molar-refractivity contribution in [3.8, 4) is 0 Å². The average molecular weight is 507 g/mol. The van der Waals surface area contributed by atoms with Crippen LogP contribution in [0.5, 0.6) is 0 Å². The number of rotatable bonds is 6. The van der Waals surface area contributed by atoms with Gasteiger partial charge >= 0.3 is 0 Å². The number of hydrogen-bond acceptors (Lipinski definition) is 5. The third-order valence-electron chi connectivity index (χ3n) is 5.68. The van der Waals surface area contributed by atoms with Gasteiger partial charge in [-0.05, 0) is 37.1 Å². The van der Waals surface area contributed by atoms with Gasteiger partial charge in [0, 0.05) is 28.6 Å². The number of benzene rings is 2. The Morgan fingerprint density at radius 3 is 2.67 bits per heavy atom. The number of carbonyl (C=O) groups is 1. The van der Waals surface area contributed by atoms with Crippen molar-refractivity contribution in [2.75, 3.05) is 6.54 Å². The van der Waals surface area contributed by atoms with E-state index in [1.54, 1.807) is 36.4 Å². The zero-order valence-electron chi connectivity index (χ0n) is 17.9. The van der Waals surface area contributed by atoms with E-state index in [9.17, 15) is 13.2 Å². The highest BCUT2D eigenvalue weighted by atomic mass is 35.5. The summed E-state index contributed by atoms with van der Waals surface area (Å²) in [6.07, 6.45) is 7.07. The van der Waals surface area contributed by atoms with Crippen molar-refractivity contribution in [2.24, 2.45) is 9.50 Å². The predicted octanol–water partition coefficient (Wildman–Crippen LogP) is 4.62. The van der Waals surface area contributed by atoms with E-state index in [0.29, 0.717) is 21.2 Å². The minimum absolute atomic E-state index is 0.0960. The van der Waals surface area contributed by atoms with Crippen molar-refractivity contribution in [3.63, 3.8) is 0 Å². The van der Waals surface area contributed by atoms with E-state index in [0.717, 1.165) is 25.7 Å². The molecule has 33 heavy (non-hydrogen) atoms. The Morgan fingerprint density at radius 2 is 1.91 bits per heavy atom. The van der Waals surface area contributed by atoms with Crippen LogP contribution in [0.15, 0.2) is 56.9 Å². The number of amidine groups is 1. The Kier molecular flexibility index (Phi) is 7.36. The molecule has 0 unspecified atom stereocenters. The summed E-state index contributed by atoms with van der Waals surface area (Å²) in [5.74, 6) is 0.0822. The molecule has 1 heterocycles. The van der Waals surface area contributed by atoms with Gasteiger partial charge in [-0.15, -0.1) is 4.40 Å². The van der Waals surface area contributed by atoms with Crippen molar-refractivity contribution in [1.29, 1.82) is 0 Å². The second kappa shape index (κ2) is 10.2. The summed E-state index contributed by atoms with van der Waals surface area (Å²) in [5.41, 5.74) is 1.05. The molecule has 1 aliphatic carbocycles. The van der Waals surface area contributed by atoms with E-state index in [1.807, 2.05) is 0 Å². The second-order valence-corrected chi connectivity index (χ2v) is 10.5. The standard InChI is InChI=1S/C23H24Cl2N4O3S/c24-17-11-10-16(20(25)14-17)15-26-29(13-12-22(30)27-18-6-2-1-3-7-18)23-19-8-4-5-9-21(19)33(31,32)28-23/h4-5,8-11,14-15,18H,1-3,6-7,12-13H2,(H,27,30)/b26-15-. The molecule has 1 fully saturated rings. The number of nitrogens with one attached hydrogen (secondary N) is 1. The molecule has 1 saturated carbocycles. The van der Waals surface area contributed by atoms with Crippen LogP contribution in [0.3, 0.4) is 0 Å². The van der Waals surface area contributed by atoms with Gasteiger partial charge < -0.3 is 5.32 Å². The van der Waals surface area contributed by atoms with Gasteiger partial charge in [0.25, 0.3) is 10.0 Å². The number of hydrazone groups is 1. The lowest BCUT2D eigenvalue weighted by atomic mass is 9.95. The largest absolute Gasteiger partial charge is 0.353 e. The Hall–Kier alpha value is -2.42. The van der Waals surface area contributed by atoms with Gasteiger partial charge in [0.1, 0.15) is 4.90 Å². The maximum Gasteiger partial charge on any atom is 0.285 e. The first-order valence-corrected chi connectivity index (χ1v) is 13.0. The first kappa shape index (κ1) is 23.7. The fourth-order valence-corrected chi connectivity index (χ4v) is 5.65. The topological polar surface area (TPSA) is 91.2 Å². The van der Waals surface area contributed by atoms with Crippen LogP contribution in [0, 0.1) is 0 Å². The summed E-state index contributed by atoms with van der Waals surface area (Å²) in [5, 5.41) is 9.87. The van der Waals surface area contributed by atoms with Crippen LogP contribution < -0.4 is 5.32 Å². The maximum absolute atomic E-state index is 12.6. The van der Waals surface area contributed by atoms with Crippen LogP contribution in [0.4, 0.5) is 0 Å². The molecule has 10 heteroatoms. The fraction of sp³-hybridized carbons (Fsp3) is 0.348. The lowest BCUT2D eigenvalue weighted by Crippen LogP contribution is -2.38. The summed E-state index contributed by atoms with van der Waals surface area (Å²) < 4.78 is 29.1. The average Bonchev–Trinajstić information content (AvgIpc) is 3.06. The number of fused-ring (bicyclic) bond motifs is 1. The van der Waals surface area contributed by atoms with Crippen molar-refractivity contribution < 1.29 is 13.2 Å². The normalized spacial score (nSPS) is 17.6. The van der Waals surface area contributed by atoms with E-state index in [-0.39, 0.29) is 35.6 Å². The van der Waals surface area contributed by atoms with Gasteiger partial charge in [-0.1, -0.05) is 60.7 Å². The molecule has 4 rings (SSSR count). The lowest BCUT2D eigenvalue weighted by molar-refractivity contribution is -0.122. The molecular formula is C23H24Cl2N4O3S. The van der Waals surface area contributed by atoms with Gasteiger partial charge in [0.05, 0.1) is 17.8 Å². The Labute approximate surface area is 203 Å². The van der Waals surface area contributed by atoms with Crippen LogP contribution in [-0.2, 0) is 14.8 Å². The number of hydrogen-bond donors (Lipinski definition) is 1. The monoisotopic (exact) mass is 506 g/mol. The predicted molar refractivity (Wildman–Crippen MR) is 131 cm³/mol. The van der Waals surface area contributed by atoms with Gasteiger partial charge in [-0.25, -0.2) is 5.01 Å². The zero-order chi connectivity index (χ0) is 23.4. The van der Waals surface area contributed by atoms with E-state index in [1.165, 1.54) is 23.7 Å². The fourth-order valence-electron chi connectivity index (χ4n) is 3.99. The molecule has 0 saturated heterocycles. The molecule has 0 atom stereocenters. The van der Waals surface area contributed by atoms with Crippen LogP contribution in [0.2, 0.25) is 10.0 Å². The smallest absolute Gasteiger partial charge is 0.285 e. The minimum atomic E-state index is -3.83. The van der Waals surface area contributed by atoms with Crippen molar-refractivity contribution >= 4 is 51.2 Å². The van der Waals surface area contributed by atoms with Crippen molar-refractivity contribution in [2.45, 2.75) is 49.5 Å². The molecule has 0 radical (unpaired) electrons. The van der Waals surface area contributed by atoms with Gasteiger partial charge in [-0.2, -0.15) is 13.5 Å². The van der Waals surface area contributed by atoms with E-state index in [2.05, 4.69) is 14.8 Å². The molecule has 1 amide bonds. The quantitative estimate of drug-likeness (QED) is 0.457. The lowest BCUT2D eigenvalue weighted by Gasteiger charge is -2.24. The van der Waals surface area contributed by atoms with Crippen LogP contribution >= 0.6 is 23.2 Å². The SMILES string of the molecule is O=C(CCN(/N=C\c1ccc(Cl)cc1Cl)C1=NS(=O)(=O)c2ccccc21)NC1CCCCC1. The Balaban J connectivity index is 1.57. The highest BCUT2D eigenvalue weighted by molar-refractivity contribution is 7.90. The van der Waals surface area contributed by atoms with Gasteiger partial charge in [-0.3, -0.25) is 4.79 Å². The maximum atomic E-state index is 12.6. The molecular weight excluding hydrogens is 483 g/mol. The molecule has 0 spiro atoms. The van der Waals surface area contributed by atoms with Crippen LogP contribution in [-0.4, -0.2) is 44.0 Å². The van der Waals surface area contributed by atoms with Gasteiger partial charge in [0.2, 0.25) is 5.91 Å². The highest BCUT2D eigenvalue weighted by Gasteiger charge is 2.32. The highest BCUT2D eigenvalue weighted by Crippen LogP contribution is 2.28. The summed E-state index contributed by atoms with van der Waals surface area (Å²) in [6, 6.07) is 11.8. The second-order valence-electron chi connectivity index (χ2n) is 8.07. The van der Waals surface area contributed by atoms with E-state index < -0.39 is 10.0 Å². The molecule has 2 aromatic rings. The summed E-state index contributed by atoms with van der Waals surface area (Å²) in [6.45, 7) is 0.156. The zero-order valence-corrected chi connectivity index (χ0v) is 20.2. The first-order chi connectivity index (χ1) is 15.8. The summed E-state index contributed by atoms with van der Waals surface area (Å²) in [7, 11) is -3.83. The Bertz CT molecular complexity index is 1210. The number of carbonyl (C=O) groups excluding carboxylic acids is 1. The molecule has 0 bridgehead atoms. The number of halogens is 2. The third-order valence-corrected chi connectivity index (χ3v) is 7.56. The summed E-state index contributed by atoms with van der Waals surface area (Å²) >= 11 is 12.2. The molecule has 1 N–H and O–H groups in total. The molecule has 1 aliphatic heterocycles. The third kappa shape index (κ3) is 5.75. The molecule has 2 aromatic carbocycles. The number of amides is 1. The summed E-state index contributed by atoms with van der Waals surface area (Å²) in [4.78, 5) is 12.7. The minimum Gasteiger partial charge on any atom is -0.353 e. The van der Waals surface area contributed by atoms with Gasteiger partial charge in [0.15, 0.2) is 5.84 Å². The van der Waals surface area contributed by atoms with E-state index >= 15 is 0 Å². The Morgan fingerprint density at radius 1 is 1.15 bits per heavy atom. The molecule has 7 nitrogen and oxygen atoms in total. The van der Waals surface area contributed by atoms with Crippen LogP contribution in [0.25, 0.3) is 0 Å². The number of sulfonamides is 1. The molecule has 0 aromatic heterocycles. The molecule has 2 aliphatic rings. The first-order valence-electron chi connectivity index (χ1n) is 10.8. The van der Waals surface area contributed by atoms with E-state index in [4.69, 9.17) is 23.2 Å². The van der Waals surface area contributed by atoms with Crippen molar-refractivity contribution in [3.05, 3.63) is 63.6 Å².